The molecule has 1 rings (SSSR count). The highest BCUT2D eigenvalue weighted by atomic mass is 16.4. The molecule has 1 aliphatic carbocycles. The molecule has 0 heterocycles. The summed E-state index contributed by atoms with van der Waals surface area (Å²) in [7, 11) is 0. The van der Waals surface area contributed by atoms with Crippen LogP contribution in [0.5, 0.6) is 0 Å². The van der Waals surface area contributed by atoms with Crippen molar-refractivity contribution in [2.45, 2.75) is 19.3 Å². The molecule has 2 atom stereocenters. The summed E-state index contributed by atoms with van der Waals surface area (Å²) < 4.78 is 0. The number of hydrogen-bond acceptors (Lipinski definition) is 2. The molecule has 0 aliphatic heterocycles. The molecule has 4 heteroatoms. The number of aliphatic carboxylic acids is 2. The molecule has 4 nitrogen and oxygen atoms in total. The summed E-state index contributed by atoms with van der Waals surface area (Å²) >= 11 is 0. The zero-order valence-electron chi connectivity index (χ0n) is 7.14. The van der Waals surface area contributed by atoms with Crippen molar-refractivity contribution in [3.63, 3.8) is 0 Å². The van der Waals surface area contributed by atoms with Crippen molar-refractivity contribution in [2.24, 2.45) is 11.8 Å². The van der Waals surface area contributed by atoms with Crippen LogP contribution in [0.15, 0.2) is 12.2 Å². The Morgan fingerprint density at radius 1 is 1.38 bits per heavy atom. The maximum absolute atomic E-state index is 10.7. The standard InChI is InChI=1S/C9H12O4/c10-8(11)5-6-3-1-2-4-7(6)9(12)13/h2,4,6-7H,1,3,5H2,(H,10,11)(H,12,13). The largest absolute Gasteiger partial charge is 0.481 e. The molecule has 0 aromatic carbocycles. The maximum atomic E-state index is 10.7. The third kappa shape index (κ3) is 2.57. The molecule has 0 fully saturated rings. The monoisotopic (exact) mass is 184 g/mol. The fraction of sp³-hybridized carbons (Fsp3) is 0.556. The van der Waals surface area contributed by atoms with Crippen LogP contribution in [0.4, 0.5) is 0 Å². The number of carboxylic acids is 2. The lowest BCUT2D eigenvalue weighted by molar-refractivity contribution is -0.144. The summed E-state index contributed by atoms with van der Waals surface area (Å²) in [4.78, 5) is 21.1. The van der Waals surface area contributed by atoms with E-state index in [1.165, 1.54) is 0 Å². The van der Waals surface area contributed by atoms with Crippen LogP contribution in [-0.4, -0.2) is 22.2 Å². The van der Waals surface area contributed by atoms with Crippen LogP contribution < -0.4 is 0 Å². The van der Waals surface area contributed by atoms with Crippen LogP contribution in [0.1, 0.15) is 19.3 Å². The van der Waals surface area contributed by atoms with Crippen molar-refractivity contribution in [3.05, 3.63) is 12.2 Å². The lowest BCUT2D eigenvalue weighted by atomic mass is 9.82. The Balaban J connectivity index is 2.65. The number of allylic oxidation sites excluding steroid dienone is 1. The zero-order valence-corrected chi connectivity index (χ0v) is 7.14. The smallest absolute Gasteiger partial charge is 0.310 e. The van der Waals surface area contributed by atoms with Crippen LogP contribution in [0.25, 0.3) is 0 Å². The van der Waals surface area contributed by atoms with Gasteiger partial charge in [-0.1, -0.05) is 12.2 Å². The molecule has 0 aromatic rings. The highest BCUT2D eigenvalue weighted by molar-refractivity contribution is 5.74. The Hall–Kier alpha value is -1.32. The summed E-state index contributed by atoms with van der Waals surface area (Å²) in [6.45, 7) is 0. The van der Waals surface area contributed by atoms with Gasteiger partial charge < -0.3 is 10.2 Å². The Bertz CT molecular complexity index is 244. The summed E-state index contributed by atoms with van der Waals surface area (Å²) in [6.07, 6.45) is 4.78. The van der Waals surface area contributed by atoms with Gasteiger partial charge in [-0.25, -0.2) is 0 Å². The molecule has 1 aliphatic rings. The van der Waals surface area contributed by atoms with E-state index in [0.29, 0.717) is 6.42 Å². The van der Waals surface area contributed by atoms with Crippen molar-refractivity contribution in [2.75, 3.05) is 0 Å². The van der Waals surface area contributed by atoms with Gasteiger partial charge in [-0.2, -0.15) is 0 Å². The van der Waals surface area contributed by atoms with Crippen molar-refractivity contribution in [1.29, 1.82) is 0 Å². The van der Waals surface area contributed by atoms with Gasteiger partial charge in [0.2, 0.25) is 0 Å². The van der Waals surface area contributed by atoms with E-state index in [-0.39, 0.29) is 12.3 Å². The van der Waals surface area contributed by atoms with Crippen LogP contribution in [-0.2, 0) is 9.59 Å². The molecule has 0 saturated carbocycles. The van der Waals surface area contributed by atoms with E-state index < -0.39 is 17.9 Å². The minimum atomic E-state index is -0.929. The van der Waals surface area contributed by atoms with E-state index in [9.17, 15) is 9.59 Å². The van der Waals surface area contributed by atoms with Crippen molar-refractivity contribution in [1.82, 2.24) is 0 Å². The topological polar surface area (TPSA) is 74.6 Å². The molecule has 0 aromatic heterocycles. The molecule has 2 unspecified atom stereocenters. The van der Waals surface area contributed by atoms with Crippen molar-refractivity contribution < 1.29 is 19.8 Å². The SMILES string of the molecule is O=C(O)CC1CCC=CC1C(=O)O. The number of carboxylic acid groups (broad SMARTS) is 2. The van der Waals surface area contributed by atoms with E-state index in [1.54, 1.807) is 12.2 Å². The van der Waals surface area contributed by atoms with E-state index in [0.717, 1.165) is 6.42 Å². The van der Waals surface area contributed by atoms with Gasteiger partial charge in [0.05, 0.1) is 5.92 Å². The zero-order chi connectivity index (χ0) is 9.84. The van der Waals surface area contributed by atoms with Gasteiger partial charge in [-0.05, 0) is 18.8 Å². The number of rotatable bonds is 3. The summed E-state index contributed by atoms with van der Waals surface area (Å²) in [5, 5.41) is 17.3. The third-order valence-corrected chi connectivity index (χ3v) is 2.28. The van der Waals surface area contributed by atoms with Crippen LogP contribution in [0.2, 0.25) is 0 Å². The van der Waals surface area contributed by atoms with Gasteiger partial charge in [0.15, 0.2) is 0 Å². The van der Waals surface area contributed by atoms with Gasteiger partial charge in [0, 0.05) is 6.42 Å². The molecule has 0 bridgehead atoms. The highest BCUT2D eigenvalue weighted by Crippen LogP contribution is 2.27. The third-order valence-electron chi connectivity index (χ3n) is 2.28. The molecule has 0 saturated heterocycles. The Kier molecular flexibility index (Phi) is 3.06. The Morgan fingerprint density at radius 3 is 2.62 bits per heavy atom. The lowest BCUT2D eigenvalue weighted by Gasteiger charge is -2.22. The first-order chi connectivity index (χ1) is 6.11. The van der Waals surface area contributed by atoms with Crippen molar-refractivity contribution in [3.8, 4) is 0 Å². The van der Waals surface area contributed by atoms with E-state index >= 15 is 0 Å². The lowest BCUT2D eigenvalue weighted by Crippen LogP contribution is -2.25. The quantitative estimate of drug-likeness (QED) is 0.644. The summed E-state index contributed by atoms with van der Waals surface area (Å²) in [5.74, 6) is -2.72. The van der Waals surface area contributed by atoms with E-state index in [1.807, 2.05) is 0 Å². The molecule has 0 radical (unpaired) electrons. The first-order valence-corrected chi connectivity index (χ1v) is 4.22. The fourth-order valence-corrected chi connectivity index (χ4v) is 1.63. The van der Waals surface area contributed by atoms with E-state index in [4.69, 9.17) is 10.2 Å². The molecule has 0 spiro atoms. The molecule has 72 valence electrons. The van der Waals surface area contributed by atoms with Crippen LogP contribution in [0.3, 0.4) is 0 Å². The Morgan fingerprint density at radius 2 is 2.08 bits per heavy atom. The maximum Gasteiger partial charge on any atom is 0.310 e. The van der Waals surface area contributed by atoms with Gasteiger partial charge in [0.1, 0.15) is 0 Å². The number of hydrogen-bond donors (Lipinski definition) is 2. The summed E-state index contributed by atoms with van der Waals surface area (Å²) in [6, 6.07) is 0. The molecule has 2 N–H and O–H groups in total. The molecule has 0 amide bonds. The predicted molar refractivity (Wildman–Crippen MR) is 45.2 cm³/mol. The normalized spacial score (nSPS) is 27.1. The molecular weight excluding hydrogens is 172 g/mol. The van der Waals surface area contributed by atoms with Gasteiger partial charge >= 0.3 is 11.9 Å². The van der Waals surface area contributed by atoms with Gasteiger partial charge in [0.25, 0.3) is 0 Å². The average Bonchev–Trinajstić information content (AvgIpc) is 2.03. The molecule has 13 heavy (non-hydrogen) atoms. The minimum Gasteiger partial charge on any atom is -0.481 e. The highest BCUT2D eigenvalue weighted by Gasteiger charge is 2.29. The second kappa shape index (κ2) is 4.07. The van der Waals surface area contributed by atoms with Crippen LogP contribution >= 0.6 is 0 Å². The number of carbonyl (C=O) groups is 2. The average molecular weight is 184 g/mol. The van der Waals surface area contributed by atoms with Crippen molar-refractivity contribution >= 4 is 11.9 Å². The first-order valence-electron chi connectivity index (χ1n) is 4.22. The van der Waals surface area contributed by atoms with E-state index in [2.05, 4.69) is 0 Å². The van der Waals surface area contributed by atoms with Gasteiger partial charge in [-0.15, -0.1) is 0 Å². The fourth-order valence-electron chi connectivity index (χ4n) is 1.63. The minimum absolute atomic E-state index is 0.0543. The van der Waals surface area contributed by atoms with Gasteiger partial charge in [-0.3, -0.25) is 9.59 Å². The first kappa shape index (κ1) is 9.77. The molecular formula is C9H12O4. The second-order valence-corrected chi connectivity index (χ2v) is 3.23. The van der Waals surface area contributed by atoms with Crippen LogP contribution in [0, 0.1) is 11.8 Å². The Labute approximate surface area is 75.9 Å². The predicted octanol–water partition coefficient (Wildman–Crippen LogP) is 1.13. The summed E-state index contributed by atoms with van der Waals surface area (Å²) in [5.41, 5.74) is 0. The second-order valence-electron chi connectivity index (χ2n) is 3.23.